The number of rotatable bonds is 11. The number of thiol groups is 1. The molecule has 0 bridgehead atoms. The standard InChI is InChI=1S/C24H36ClNO2.2C2H6.C2H2.CH4S/c1-8-10-17(3)15-16-28-24(27)19(5)23(20(6)26(7)18(4)9-2)21-11-13-22(25)14-12-21;4*1-2/h8,10-14,18-20,23H,1,9,15-16H2,2-7H3;2*1-2H3;1-2H;2H,1H3/b17-10+;;;;/t18?,19?,20-,23?;;;;/m0..../s1. The van der Waals surface area contributed by atoms with E-state index in [9.17, 15) is 4.79 Å². The van der Waals surface area contributed by atoms with Gasteiger partial charge in [-0.3, -0.25) is 4.79 Å². The summed E-state index contributed by atoms with van der Waals surface area (Å²) in [5.41, 5.74) is 2.26. The molecule has 3 nitrogen and oxygen atoms in total. The van der Waals surface area contributed by atoms with Gasteiger partial charge in [0, 0.05) is 29.4 Å². The molecule has 0 spiro atoms. The van der Waals surface area contributed by atoms with Crippen molar-refractivity contribution in [2.45, 2.75) is 93.2 Å². The van der Waals surface area contributed by atoms with Crippen molar-refractivity contribution in [1.82, 2.24) is 4.90 Å². The Kier molecular flexibility index (Phi) is 32.1. The summed E-state index contributed by atoms with van der Waals surface area (Å²) in [5, 5.41) is 0.699. The Balaban J connectivity index is -0.000000579. The molecule has 0 aliphatic heterocycles. The molecular formula is C31H54ClNO2S. The van der Waals surface area contributed by atoms with E-state index < -0.39 is 0 Å². The molecule has 4 atom stereocenters. The largest absolute Gasteiger partial charge is 0.465 e. The van der Waals surface area contributed by atoms with Crippen LogP contribution in [0.4, 0.5) is 0 Å². The average molecular weight is 540 g/mol. The number of carbonyl (C=O) groups is 1. The molecule has 3 unspecified atom stereocenters. The molecule has 1 aromatic rings. The Morgan fingerprint density at radius 3 is 2.00 bits per heavy atom. The van der Waals surface area contributed by atoms with E-state index in [4.69, 9.17) is 16.3 Å². The predicted molar refractivity (Wildman–Crippen MR) is 167 cm³/mol. The van der Waals surface area contributed by atoms with Crippen molar-refractivity contribution in [2.24, 2.45) is 5.92 Å². The van der Waals surface area contributed by atoms with Crippen molar-refractivity contribution in [3.05, 3.63) is 59.2 Å². The topological polar surface area (TPSA) is 29.5 Å². The van der Waals surface area contributed by atoms with E-state index >= 15 is 0 Å². The number of likely N-dealkylation sites (N-methyl/N-ethyl adjacent to an activating group) is 1. The van der Waals surface area contributed by atoms with E-state index in [1.54, 1.807) is 12.3 Å². The number of halogens is 1. The predicted octanol–water partition coefficient (Wildman–Crippen LogP) is 9.09. The van der Waals surface area contributed by atoms with Crippen LogP contribution in [0.3, 0.4) is 0 Å². The zero-order chi connectivity index (χ0) is 29.3. The van der Waals surface area contributed by atoms with Crippen molar-refractivity contribution in [3.63, 3.8) is 0 Å². The molecule has 0 N–H and O–H groups in total. The number of allylic oxidation sites excluding steroid dienone is 2. The molecule has 0 aromatic heterocycles. The quantitative estimate of drug-likeness (QED) is 0.131. The van der Waals surface area contributed by atoms with Crippen molar-refractivity contribution in [1.29, 1.82) is 0 Å². The van der Waals surface area contributed by atoms with Crippen molar-refractivity contribution >= 4 is 30.2 Å². The van der Waals surface area contributed by atoms with Crippen LogP contribution in [-0.2, 0) is 9.53 Å². The maximum absolute atomic E-state index is 12.8. The third-order valence-electron chi connectivity index (χ3n) is 5.76. The highest BCUT2D eigenvalue weighted by atomic mass is 35.5. The number of benzene rings is 1. The molecule has 0 aliphatic rings. The zero-order valence-corrected chi connectivity index (χ0v) is 26.5. The van der Waals surface area contributed by atoms with Gasteiger partial charge in [-0.15, -0.1) is 12.8 Å². The molecule has 1 rings (SSSR count). The fourth-order valence-electron chi connectivity index (χ4n) is 3.49. The lowest BCUT2D eigenvalue weighted by atomic mass is 9.81. The minimum absolute atomic E-state index is 0.0218. The molecule has 0 saturated carbocycles. The monoisotopic (exact) mass is 539 g/mol. The molecule has 0 saturated heterocycles. The first-order valence-electron chi connectivity index (χ1n) is 12.9. The van der Waals surface area contributed by atoms with Crippen LogP contribution in [0.25, 0.3) is 0 Å². The molecule has 208 valence electrons. The SMILES string of the molecule is C#C.C=C/C=C(\C)CCOC(=O)C(C)C(c1ccc(Cl)cc1)[C@H](C)N(C)C(C)CC.CC.CC.CS. The van der Waals surface area contributed by atoms with Crippen LogP contribution in [-0.4, -0.2) is 42.9 Å². The molecule has 0 heterocycles. The van der Waals surface area contributed by atoms with E-state index in [0.29, 0.717) is 17.7 Å². The number of nitrogens with zero attached hydrogens (tertiary/aromatic N) is 1. The highest BCUT2D eigenvalue weighted by Gasteiger charge is 2.34. The summed E-state index contributed by atoms with van der Waals surface area (Å²) >= 11 is 9.61. The second kappa shape index (κ2) is 27.9. The van der Waals surface area contributed by atoms with Crippen molar-refractivity contribution in [2.75, 3.05) is 19.9 Å². The number of carbonyl (C=O) groups excluding carboxylic acids is 1. The number of hydrogen-bond acceptors (Lipinski definition) is 4. The van der Waals surface area contributed by atoms with Crippen LogP contribution in [0.2, 0.25) is 5.02 Å². The zero-order valence-electron chi connectivity index (χ0n) is 24.8. The second-order valence-electron chi connectivity index (χ2n) is 7.70. The first-order valence-corrected chi connectivity index (χ1v) is 14.2. The number of hydrogen-bond donors (Lipinski definition) is 1. The molecule has 0 amide bonds. The first-order chi connectivity index (χ1) is 17.2. The van der Waals surface area contributed by atoms with Gasteiger partial charge in [0.1, 0.15) is 0 Å². The third kappa shape index (κ3) is 16.9. The van der Waals surface area contributed by atoms with Gasteiger partial charge in [-0.1, -0.05) is 89.6 Å². The van der Waals surface area contributed by atoms with Gasteiger partial charge in [-0.2, -0.15) is 12.6 Å². The Hall–Kier alpha value is -1.67. The van der Waals surface area contributed by atoms with E-state index in [-0.39, 0.29) is 23.8 Å². The molecule has 0 radical (unpaired) electrons. The van der Waals surface area contributed by atoms with Crippen LogP contribution < -0.4 is 0 Å². The van der Waals surface area contributed by atoms with Crippen molar-refractivity contribution < 1.29 is 9.53 Å². The van der Waals surface area contributed by atoms with Crippen LogP contribution in [0, 0.1) is 18.8 Å². The molecule has 0 fully saturated rings. The minimum Gasteiger partial charge on any atom is -0.465 e. The van der Waals surface area contributed by atoms with Crippen LogP contribution >= 0.6 is 24.2 Å². The lowest BCUT2D eigenvalue weighted by Gasteiger charge is -2.38. The summed E-state index contributed by atoms with van der Waals surface area (Å²) in [6.07, 6.45) is 15.2. The van der Waals surface area contributed by atoms with E-state index in [1.165, 1.54) is 0 Å². The fourth-order valence-corrected chi connectivity index (χ4v) is 3.61. The van der Waals surface area contributed by atoms with Crippen LogP contribution in [0.5, 0.6) is 0 Å². The average Bonchev–Trinajstić information content (AvgIpc) is 2.93. The first kappa shape index (κ1) is 41.5. The summed E-state index contributed by atoms with van der Waals surface area (Å²) in [6.45, 7) is 22.6. The summed E-state index contributed by atoms with van der Waals surface area (Å²) in [4.78, 5) is 15.2. The molecule has 0 aliphatic carbocycles. The lowest BCUT2D eigenvalue weighted by Crippen LogP contribution is -2.43. The third-order valence-corrected chi connectivity index (χ3v) is 6.01. The smallest absolute Gasteiger partial charge is 0.309 e. The normalized spacial score (nSPS) is 13.3. The molecule has 36 heavy (non-hydrogen) atoms. The molecule has 5 heteroatoms. The van der Waals surface area contributed by atoms with Gasteiger partial charge in [0.15, 0.2) is 0 Å². The Bertz CT molecular complexity index is 700. The second-order valence-corrected chi connectivity index (χ2v) is 8.13. The Morgan fingerprint density at radius 2 is 1.58 bits per heavy atom. The highest BCUT2D eigenvalue weighted by molar-refractivity contribution is 7.79. The van der Waals surface area contributed by atoms with Crippen molar-refractivity contribution in [3.8, 4) is 12.8 Å². The summed E-state index contributed by atoms with van der Waals surface area (Å²) in [6, 6.07) is 8.44. The molecular weight excluding hydrogens is 486 g/mol. The van der Waals surface area contributed by atoms with Crippen LogP contribution in [0.15, 0.2) is 48.6 Å². The van der Waals surface area contributed by atoms with E-state index in [1.807, 2.05) is 71.9 Å². The summed E-state index contributed by atoms with van der Waals surface area (Å²) in [7, 11) is 2.13. The van der Waals surface area contributed by atoms with Gasteiger partial charge in [0.2, 0.25) is 0 Å². The van der Waals surface area contributed by atoms with Gasteiger partial charge in [-0.05, 0) is 58.2 Å². The van der Waals surface area contributed by atoms with Gasteiger partial charge in [0.25, 0.3) is 0 Å². The Labute approximate surface area is 235 Å². The fraction of sp³-hybridized carbons (Fsp3) is 0.581. The highest BCUT2D eigenvalue weighted by Crippen LogP contribution is 2.33. The lowest BCUT2D eigenvalue weighted by molar-refractivity contribution is -0.149. The molecule has 1 aromatic carbocycles. The van der Waals surface area contributed by atoms with Gasteiger partial charge in [-0.25, -0.2) is 0 Å². The Morgan fingerprint density at radius 1 is 1.11 bits per heavy atom. The van der Waals surface area contributed by atoms with Gasteiger partial charge < -0.3 is 9.64 Å². The van der Waals surface area contributed by atoms with E-state index in [0.717, 1.165) is 24.0 Å². The number of ether oxygens (including phenoxy) is 1. The number of esters is 1. The summed E-state index contributed by atoms with van der Waals surface area (Å²) < 4.78 is 5.61. The minimum atomic E-state index is -0.258. The van der Waals surface area contributed by atoms with E-state index in [2.05, 4.69) is 64.8 Å². The van der Waals surface area contributed by atoms with Gasteiger partial charge >= 0.3 is 5.97 Å². The number of terminal acetylenes is 1. The van der Waals surface area contributed by atoms with Crippen LogP contribution in [0.1, 0.15) is 86.6 Å². The van der Waals surface area contributed by atoms with Gasteiger partial charge in [0.05, 0.1) is 12.5 Å². The maximum atomic E-state index is 12.8. The maximum Gasteiger partial charge on any atom is 0.309 e. The summed E-state index contributed by atoms with van der Waals surface area (Å²) in [5.74, 6) is -0.393.